The van der Waals surface area contributed by atoms with Crippen LogP contribution < -0.4 is 10.2 Å². The van der Waals surface area contributed by atoms with Crippen LogP contribution in [0, 0.1) is 0 Å². The number of hydrogen-bond acceptors (Lipinski definition) is 7. The number of nitrogens with one attached hydrogen (secondary N) is 1. The monoisotopic (exact) mass is 519 g/mol. The lowest BCUT2D eigenvalue weighted by Gasteiger charge is -2.34. The molecule has 0 radical (unpaired) electrons. The van der Waals surface area contributed by atoms with Gasteiger partial charge in [-0.1, -0.05) is 36.4 Å². The van der Waals surface area contributed by atoms with Gasteiger partial charge in [0.05, 0.1) is 18.2 Å². The number of benzene rings is 2. The molecule has 2 amide bonds. The lowest BCUT2D eigenvalue weighted by Crippen LogP contribution is -2.51. The molecule has 2 aromatic heterocycles. The summed E-state index contributed by atoms with van der Waals surface area (Å²) in [6.07, 6.45) is 0.701. The van der Waals surface area contributed by atoms with Crippen LogP contribution in [0.4, 0.5) is 5.69 Å². The third-order valence-electron chi connectivity index (χ3n) is 6.18. The van der Waals surface area contributed by atoms with E-state index in [0.717, 1.165) is 0 Å². The van der Waals surface area contributed by atoms with Crippen LogP contribution >= 0.6 is 11.3 Å². The third kappa shape index (κ3) is 5.69. The van der Waals surface area contributed by atoms with Crippen molar-refractivity contribution in [1.82, 2.24) is 20.3 Å². The van der Waals surface area contributed by atoms with Gasteiger partial charge in [-0.05, 0) is 62.0 Å². The molecule has 0 spiro atoms. The van der Waals surface area contributed by atoms with E-state index in [0.29, 0.717) is 28.0 Å². The molecule has 0 bridgehead atoms. The Morgan fingerprint density at radius 2 is 1.89 bits per heavy atom. The summed E-state index contributed by atoms with van der Waals surface area (Å²) in [4.78, 5) is 42.2. The van der Waals surface area contributed by atoms with Crippen LogP contribution in [0.25, 0.3) is 11.0 Å². The molecule has 192 valence electrons. The Bertz CT molecular complexity index is 1410. The molecule has 37 heavy (non-hydrogen) atoms. The number of thiophene rings is 1. The van der Waals surface area contributed by atoms with Gasteiger partial charge < -0.3 is 10.1 Å². The van der Waals surface area contributed by atoms with E-state index in [1.807, 2.05) is 62.5 Å². The smallest absolute Gasteiger partial charge is 0.337 e. The molecular formula is C27H29N5O4S. The average Bonchev–Trinajstić information content (AvgIpc) is 3.57. The highest BCUT2D eigenvalue weighted by molar-refractivity contribution is 7.10. The summed E-state index contributed by atoms with van der Waals surface area (Å²) in [7, 11) is 1.29. The Morgan fingerprint density at radius 1 is 1.11 bits per heavy atom. The molecule has 4 rings (SSSR count). The molecule has 2 aromatic carbocycles. The van der Waals surface area contributed by atoms with Gasteiger partial charge in [-0.3, -0.25) is 14.5 Å². The number of nitrogens with zero attached hydrogens (tertiary/aromatic N) is 4. The van der Waals surface area contributed by atoms with Gasteiger partial charge in [0.1, 0.15) is 18.1 Å². The molecule has 4 aromatic rings. The van der Waals surface area contributed by atoms with Crippen molar-refractivity contribution in [1.29, 1.82) is 0 Å². The standard InChI is InChI=1S/C27H29N5O4S/c1-5-27(2,3)28-25(34)24(22-14-9-15-37-22)32(19-11-8-10-18(16-19)26(35)36-4)23(33)17-31-21-13-7-6-12-20(21)29-30-31/h6-16,24H,5,17H2,1-4H3,(H,28,34). The normalized spacial score (nSPS) is 12.2. The number of fused-ring (bicyclic) bond motifs is 1. The molecule has 1 N–H and O–H groups in total. The number of hydrogen-bond donors (Lipinski definition) is 1. The van der Waals surface area contributed by atoms with Gasteiger partial charge in [0, 0.05) is 16.1 Å². The van der Waals surface area contributed by atoms with Crippen LogP contribution in [0.5, 0.6) is 0 Å². The molecule has 0 aliphatic heterocycles. The van der Waals surface area contributed by atoms with Crippen molar-refractivity contribution in [3.05, 3.63) is 76.5 Å². The maximum atomic E-state index is 14.0. The number of rotatable bonds is 9. The Morgan fingerprint density at radius 3 is 2.59 bits per heavy atom. The van der Waals surface area contributed by atoms with E-state index in [2.05, 4.69) is 15.6 Å². The number of ether oxygens (including phenoxy) is 1. The van der Waals surface area contributed by atoms with Gasteiger partial charge >= 0.3 is 5.97 Å². The average molecular weight is 520 g/mol. The maximum absolute atomic E-state index is 14.0. The third-order valence-corrected chi connectivity index (χ3v) is 7.11. The van der Waals surface area contributed by atoms with Crippen molar-refractivity contribution < 1.29 is 19.1 Å². The highest BCUT2D eigenvalue weighted by Gasteiger charge is 2.36. The predicted molar refractivity (Wildman–Crippen MR) is 142 cm³/mol. The van der Waals surface area contributed by atoms with Gasteiger partial charge in [0.2, 0.25) is 11.8 Å². The number of amides is 2. The zero-order valence-corrected chi connectivity index (χ0v) is 22.0. The summed E-state index contributed by atoms with van der Waals surface area (Å²) < 4.78 is 6.39. The van der Waals surface area contributed by atoms with Crippen LogP contribution in [0.3, 0.4) is 0 Å². The summed E-state index contributed by atoms with van der Waals surface area (Å²) >= 11 is 1.38. The van der Waals surface area contributed by atoms with Crippen LogP contribution in [0.15, 0.2) is 66.0 Å². The zero-order chi connectivity index (χ0) is 26.6. The summed E-state index contributed by atoms with van der Waals surface area (Å²) in [5.41, 5.74) is 1.52. The second-order valence-electron chi connectivity index (χ2n) is 9.19. The maximum Gasteiger partial charge on any atom is 0.337 e. The van der Waals surface area contributed by atoms with Crippen molar-refractivity contribution in [3.8, 4) is 0 Å². The molecule has 0 aliphatic carbocycles. The molecule has 1 atom stereocenters. The van der Waals surface area contributed by atoms with E-state index in [4.69, 9.17) is 4.74 Å². The fourth-order valence-corrected chi connectivity index (χ4v) is 4.70. The summed E-state index contributed by atoms with van der Waals surface area (Å²) in [6.45, 7) is 5.69. The van der Waals surface area contributed by atoms with Crippen molar-refractivity contribution in [2.75, 3.05) is 12.0 Å². The summed E-state index contributed by atoms with van der Waals surface area (Å²) in [6, 6.07) is 16.5. The van der Waals surface area contributed by atoms with Crippen molar-refractivity contribution in [2.24, 2.45) is 0 Å². The van der Waals surface area contributed by atoms with Crippen molar-refractivity contribution in [2.45, 2.75) is 45.3 Å². The number of para-hydroxylation sites is 1. The van der Waals surface area contributed by atoms with Crippen LogP contribution in [-0.2, 0) is 20.9 Å². The number of esters is 1. The van der Waals surface area contributed by atoms with Crippen LogP contribution in [-0.4, -0.2) is 45.4 Å². The van der Waals surface area contributed by atoms with E-state index in [9.17, 15) is 14.4 Å². The fraction of sp³-hybridized carbons (Fsp3) is 0.296. The predicted octanol–water partition coefficient (Wildman–Crippen LogP) is 4.36. The minimum Gasteiger partial charge on any atom is -0.465 e. The minimum atomic E-state index is -0.971. The van der Waals surface area contributed by atoms with E-state index < -0.39 is 17.6 Å². The van der Waals surface area contributed by atoms with E-state index >= 15 is 0 Å². The van der Waals surface area contributed by atoms with Gasteiger partial charge in [-0.25, -0.2) is 9.48 Å². The number of anilines is 1. The Balaban J connectivity index is 1.82. The number of carbonyl (C=O) groups is 3. The second kappa shape index (κ2) is 10.9. The minimum absolute atomic E-state index is 0.157. The molecule has 0 saturated carbocycles. The Hall–Kier alpha value is -4.05. The largest absolute Gasteiger partial charge is 0.465 e. The van der Waals surface area contributed by atoms with Crippen molar-refractivity contribution in [3.63, 3.8) is 0 Å². The molecule has 0 aliphatic rings. The molecule has 0 fully saturated rings. The lowest BCUT2D eigenvalue weighted by molar-refractivity contribution is -0.128. The first kappa shape index (κ1) is 26.0. The van der Waals surface area contributed by atoms with Crippen LogP contribution in [0.2, 0.25) is 0 Å². The molecule has 10 heteroatoms. The van der Waals surface area contributed by atoms with Gasteiger partial charge in [0.25, 0.3) is 0 Å². The van der Waals surface area contributed by atoms with E-state index in [1.165, 1.54) is 28.0 Å². The number of aromatic nitrogens is 3. The molecule has 2 heterocycles. The summed E-state index contributed by atoms with van der Waals surface area (Å²) in [5, 5.41) is 13.2. The molecular weight excluding hydrogens is 490 g/mol. The number of methoxy groups -OCH3 is 1. The van der Waals surface area contributed by atoms with Crippen LogP contribution in [0.1, 0.15) is 48.5 Å². The second-order valence-corrected chi connectivity index (χ2v) is 10.2. The number of carbonyl (C=O) groups excluding carboxylic acids is 3. The van der Waals surface area contributed by atoms with Gasteiger partial charge in [-0.15, -0.1) is 16.4 Å². The topological polar surface area (TPSA) is 106 Å². The highest BCUT2D eigenvalue weighted by Crippen LogP contribution is 2.32. The SMILES string of the molecule is CCC(C)(C)NC(=O)C(c1cccs1)N(C(=O)Cn1nnc2ccccc21)c1cccc(C(=O)OC)c1. The molecule has 0 saturated heterocycles. The van der Waals surface area contributed by atoms with E-state index in [1.54, 1.807) is 24.3 Å². The van der Waals surface area contributed by atoms with E-state index in [-0.39, 0.29) is 23.9 Å². The molecule has 1 unspecified atom stereocenters. The van der Waals surface area contributed by atoms with Gasteiger partial charge in [0.15, 0.2) is 0 Å². The lowest BCUT2D eigenvalue weighted by atomic mass is 10.0. The Labute approximate surface area is 219 Å². The van der Waals surface area contributed by atoms with Crippen molar-refractivity contribution >= 4 is 45.8 Å². The first-order valence-electron chi connectivity index (χ1n) is 11.9. The quantitative estimate of drug-likeness (QED) is 0.330. The first-order chi connectivity index (χ1) is 17.7. The molecule has 9 nitrogen and oxygen atoms in total. The fourth-order valence-electron chi connectivity index (χ4n) is 3.89. The first-order valence-corrected chi connectivity index (χ1v) is 12.8. The van der Waals surface area contributed by atoms with Gasteiger partial charge in [-0.2, -0.15) is 0 Å². The zero-order valence-electron chi connectivity index (χ0n) is 21.2. The Kier molecular flexibility index (Phi) is 7.68. The highest BCUT2D eigenvalue weighted by atomic mass is 32.1. The summed E-state index contributed by atoms with van der Waals surface area (Å²) in [5.74, 6) is -1.25.